The molecule has 6 unspecified atom stereocenters. The molecule has 0 spiro atoms. The SMILES string of the molecule is CC(C)C1=CC2CC3(C=O)[C@@H]4CC[C@@H](C)[C@H]4CC2(C2CC(CC4CCCC4)C(CNCCN4CCN(CCN5CCCCC5)CC4)O2)[C@]13C(=O)O. The van der Waals surface area contributed by atoms with Gasteiger partial charge in [0, 0.05) is 64.3 Å². The van der Waals surface area contributed by atoms with Crippen LogP contribution in [0.3, 0.4) is 0 Å². The van der Waals surface area contributed by atoms with Gasteiger partial charge in [0.1, 0.15) is 11.7 Å². The zero-order chi connectivity index (χ0) is 35.4. The third-order valence-electron chi connectivity index (χ3n) is 16.7. The van der Waals surface area contributed by atoms with Crippen LogP contribution >= 0.6 is 0 Å². The molecule has 51 heavy (non-hydrogen) atoms. The van der Waals surface area contributed by atoms with Gasteiger partial charge < -0.3 is 24.9 Å². The fraction of sp³-hybridized carbons (Fsp3) is 0.907. The van der Waals surface area contributed by atoms with Crippen molar-refractivity contribution in [1.82, 2.24) is 20.0 Å². The minimum atomic E-state index is -1.15. The third-order valence-corrected chi connectivity index (χ3v) is 16.7. The van der Waals surface area contributed by atoms with Crippen LogP contribution in [0, 0.1) is 57.7 Å². The molecule has 7 fully saturated rings. The van der Waals surface area contributed by atoms with Gasteiger partial charge in [0.2, 0.25) is 0 Å². The van der Waals surface area contributed by atoms with Gasteiger partial charge in [-0.15, -0.1) is 0 Å². The minimum Gasteiger partial charge on any atom is -0.481 e. The van der Waals surface area contributed by atoms with Crippen molar-refractivity contribution in [2.45, 2.75) is 116 Å². The van der Waals surface area contributed by atoms with Gasteiger partial charge in [0.25, 0.3) is 0 Å². The Bertz CT molecular complexity index is 1290. The number of nitrogens with one attached hydrogen (secondary N) is 1. The van der Waals surface area contributed by atoms with Crippen LogP contribution in [0.4, 0.5) is 0 Å². The summed E-state index contributed by atoms with van der Waals surface area (Å²) in [6.45, 7) is 19.2. The third kappa shape index (κ3) is 5.94. The molecular formula is C43H70N4O4. The zero-order valence-electron chi connectivity index (χ0n) is 32.3. The van der Waals surface area contributed by atoms with Crippen LogP contribution in [-0.2, 0) is 14.3 Å². The molecule has 8 rings (SSSR count). The Hall–Kier alpha value is -1.32. The predicted octanol–water partition coefficient (Wildman–Crippen LogP) is 5.96. The number of carboxylic acid groups (broad SMARTS) is 1. The van der Waals surface area contributed by atoms with Gasteiger partial charge >= 0.3 is 5.97 Å². The number of carbonyl (C=O) groups is 2. The van der Waals surface area contributed by atoms with Crippen LogP contribution in [0.1, 0.15) is 104 Å². The smallest absolute Gasteiger partial charge is 0.315 e. The van der Waals surface area contributed by atoms with E-state index in [1.807, 2.05) is 0 Å². The van der Waals surface area contributed by atoms with Crippen LogP contribution in [0.2, 0.25) is 0 Å². The average Bonchev–Trinajstić information content (AvgIpc) is 3.96. The topological polar surface area (TPSA) is 85.4 Å². The Morgan fingerprint density at radius 3 is 2.29 bits per heavy atom. The highest BCUT2D eigenvalue weighted by Crippen LogP contribution is 2.84. The van der Waals surface area contributed by atoms with E-state index in [1.54, 1.807) is 0 Å². The molecule has 3 aliphatic heterocycles. The van der Waals surface area contributed by atoms with E-state index in [-0.39, 0.29) is 30.0 Å². The highest BCUT2D eigenvalue weighted by atomic mass is 16.5. The van der Waals surface area contributed by atoms with E-state index < -0.39 is 22.2 Å². The summed E-state index contributed by atoms with van der Waals surface area (Å²) in [6.07, 6.45) is 18.9. The molecule has 0 amide bonds. The number of carboxylic acids is 1. The van der Waals surface area contributed by atoms with Crippen molar-refractivity contribution in [3.63, 3.8) is 0 Å². The number of piperazine rings is 1. The Morgan fingerprint density at radius 1 is 0.941 bits per heavy atom. The Balaban J connectivity index is 0.957. The van der Waals surface area contributed by atoms with Crippen LogP contribution in [0.5, 0.6) is 0 Å². The number of carbonyl (C=O) groups excluding carboxylic acids is 1. The number of ether oxygens (including phenoxy) is 1. The van der Waals surface area contributed by atoms with Crippen LogP contribution in [-0.4, -0.2) is 116 Å². The minimum absolute atomic E-state index is 0.102. The van der Waals surface area contributed by atoms with E-state index in [4.69, 9.17) is 4.74 Å². The molecule has 0 aromatic carbocycles. The summed E-state index contributed by atoms with van der Waals surface area (Å²) in [6, 6.07) is 0. The molecule has 0 aromatic heterocycles. The first-order valence-electron chi connectivity index (χ1n) is 21.7. The van der Waals surface area contributed by atoms with Gasteiger partial charge in [-0.25, -0.2) is 0 Å². The summed E-state index contributed by atoms with van der Waals surface area (Å²) in [4.78, 5) is 35.8. The van der Waals surface area contributed by atoms with Crippen molar-refractivity contribution in [3.8, 4) is 0 Å². The van der Waals surface area contributed by atoms with Crippen molar-refractivity contribution in [1.29, 1.82) is 0 Å². The second kappa shape index (κ2) is 14.7. The van der Waals surface area contributed by atoms with Crippen molar-refractivity contribution in [2.75, 3.05) is 72.0 Å². The maximum absolute atomic E-state index is 14.2. The maximum atomic E-state index is 14.2. The number of aldehydes is 1. The molecule has 3 heterocycles. The lowest BCUT2D eigenvalue weighted by Gasteiger charge is -2.60. The van der Waals surface area contributed by atoms with Crippen molar-refractivity contribution < 1.29 is 19.4 Å². The molecule has 286 valence electrons. The van der Waals surface area contributed by atoms with E-state index in [9.17, 15) is 14.7 Å². The molecule has 5 aliphatic carbocycles. The molecule has 8 heteroatoms. The van der Waals surface area contributed by atoms with Crippen molar-refractivity contribution >= 4 is 12.3 Å². The standard InChI is InChI=1S/C43H70N4O4/c1-30(2)37-25-34-26-41(29-48)36-12-11-31(3)35(36)27-42(34,43(37,41)40(49)50)39-24-33(23-32-9-5-6-10-32)38(51-39)28-44-13-16-46-18-21-47(22-19-46)20-17-45-14-7-4-8-15-45/h25,29-36,38-39,44H,4-24,26-28H2,1-3H3,(H,49,50)/t31-,33?,34?,35-,36-,38?,39?,41?,42?,43+/m1/s1. The zero-order valence-corrected chi connectivity index (χ0v) is 32.3. The Kier molecular flexibility index (Phi) is 10.6. The summed E-state index contributed by atoms with van der Waals surface area (Å²) < 4.78 is 7.39. The predicted molar refractivity (Wildman–Crippen MR) is 201 cm³/mol. The molecular weight excluding hydrogens is 636 g/mol. The normalized spacial score (nSPS) is 43.3. The lowest BCUT2D eigenvalue weighted by atomic mass is 9.41. The number of hydrogen-bond donors (Lipinski definition) is 2. The molecule has 4 saturated carbocycles. The van der Waals surface area contributed by atoms with Gasteiger partial charge in [0.15, 0.2) is 0 Å². The largest absolute Gasteiger partial charge is 0.481 e. The fourth-order valence-corrected chi connectivity index (χ4v) is 14.3. The first-order chi connectivity index (χ1) is 24.7. The second-order valence-electron chi connectivity index (χ2n) is 19.2. The summed E-state index contributed by atoms with van der Waals surface area (Å²) in [5.41, 5.74) is -1.45. The number of likely N-dealkylation sites (tertiary alicyclic amines) is 1. The quantitative estimate of drug-likeness (QED) is 0.130. The number of hydrogen-bond acceptors (Lipinski definition) is 7. The molecule has 0 aromatic rings. The molecule has 8 aliphatic rings. The number of aliphatic carboxylic acids is 1. The first kappa shape index (κ1) is 36.6. The summed E-state index contributed by atoms with van der Waals surface area (Å²) in [5.74, 6) is 1.79. The second-order valence-corrected chi connectivity index (χ2v) is 19.2. The first-order valence-corrected chi connectivity index (χ1v) is 21.7. The highest BCUT2D eigenvalue weighted by molar-refractivity contribution is 5.90. The van der Waals surface area contributed by atoms with Crippen LogP contribution in [0.15, 0.2) is 11.6 Å². The summed E-state index contributed by atoms with van der Waals surface area (Å²) in [5, 5.41) is 15.5. The number of rotatable bonds is 14. The van der Waals surface area contributed by atoms with Gasteiger partial charge in [-0.05, 0) is 99.5 Å². The van der Waals surface area contributed by atoms with Crippen LogP contribution in [0.25, 0.3) is 0 Å². The number of fused-ring (bicyclic) bond motifs is 2. The molecule has 4 bridgehead atoms. The molecule has 8 nitrogen and oxygen atoms in total. The van der Waals surface area contributed by atoms with Gasteiger partial charge in [-0.3, -0.25) is 14.6 Å². The summed E-state index contributed by atoms with van der Waals surface area (Å²) in [7, 11) is 0. The molecule has 10 atom stereocenters. The van der Waals surface area contributed by atoms with Gasteiger partial charge in [-0.2, -0.15) is 0 Å². The van der Waals surface area contributed by atoms with E-state index in [0.29, 0.717) is 24.2 Å². The van der Waals surface area contributed by atoms with Gasteiger partial charge in [-0.1, -0.05) is 70.9 Å². The molecule has 3 saturated heterocycles. The Morgan fingerprint density at radius 2 is 1.63 bits per heavy atom. The number of allylic oxidation sites excluding steroid dienone is 1. The summed E-state index contributed by atoms with van der Waals surface area (Å²) >= 11 is 0. The van der Waals surface area contributed by atoms with E-state index >= 15 is 0 Å². The molecule has 0 radical (unpaired) electrons. The van der Waals surface area contributed by atoms with Crippen molar-refractivity contribution in [2.24, 2.45) is 57.7 Å². The number of piperidine rings is 1. The average molecular weight is 707 g/mol. The fourth-order valence-electron chi connectivity index (χ4n) is 14.3. The number of nitrogens with zero attached hydrogens (tertiary/aromatic N) is 3. The lowest BCUT2D eigenvalue weighted by Crippen LogP contribution is -2.65. The van der Waals surface area contributed by atoms with E-state index in [1.165, 1.54) is 96.9 Å². The van der Waals surface area contributed by atoms with Gasteiger partial charge in [0.05, 0.1) is 17.6 Å². The van der Waals surface area contributed by atoms with Crippen LogP contribution < -0.4 is 5.32 Å². The van der Waals surface area contributed by atoms with E-state index in [0.717, 1.165) is 69.9 Å². The maximum Gasteiger partial charge on any atom is 0.315 e. The van der Waals surface area contributed by atoms with E-state index in [2.05, 4.69) is 46.9 Å². The monoisotopic (exact) mass is 707 g/mol. The van der Waals surface area contributed by atoms with Crippen molar-refractivity contribution in [3.05, 3.63) is 11.6 Å². The highest BCUT2D eigenvalue weighted by Gasteiger charge is 2.86. The molecule has 2 N–H and O–H groups in total. The lowest BCUT2D eigenvalue weighted by molar-refractivity contribution is -0.197. The Labute approximate surface area is 308 Å².